The molecule has 3 N–H and O–H groups in total. The van der Waals surface area contributed by atoms with E-state index in [4.69, 9.17) is 5.11 Å². The van der Waals surface area contributed by atoms with Crippen LogP contribution in [0.25, 0.3) is 0 Å². The Labute approximate surface area is 108 Å². The van der Waals surface area contributed by atoms with Crippen LogP contribution in [0.1, 0.15) is 32.1 Å². The van der Waals surface area contributed by atoms with Gasteiger partial charge in [0.15, 0.2) is 0 Å². The van der Waals surface area contributed by atoms with Crippen molar-refractivity contribution in [2.45, 2.75) is 37.6 Å². The number of unbranched alkanes of at least 4 members (excludes halogenated alkanes) is 3. The van der Waals surface area contributed by atoms with Crippen molar-refractivity contribution < 1.29 is 9.90 Å². The Morgan fingerprint density at radius 3 is 2.59 bits per heavy atom. The van der Waals surface area contributed by atoms with Crippen LogP contribution >= 0.6 is 11.8 Å². The highest BCUT2D eigenvalue weighted by Crippen LogP contribution is 2.16. The summed E-state index contributed by atoms with van der Waals surface area (Å²) in [6.07, 6.45) is 7.34. The van der Waals surface area contributed by atoms with E-state index in [1.54, 1.807) is 0 Å². The van der Waals surface area contributed by atoms with Gasteiger partial charge >= 0.3 is 5.97 Å². The highest BCUT2D eigenvalue weighted by atomic mass is 32.2. The third-order valence-corrected chi connectivity index (χ3v) is 3.89. The van der Waals surface area contributed by atoms with Crippen LogP contribution in [0.3, 0.4) is 0 Å². The number of thioether (sulfide) groups is 1. The lowest BCUT2D eigenvalue weighted by Gasteiger charge is -2.42. The predicted molar refractivity (Wildman–Crippen MR) is 72.7 cm³/mol. The molecule has 0 aromatic carbocycles. The highest BCUT2D eigenvalue weighted by molar-refractivity contribution is 7.98. The van der Waals surface area contributed by atoms with Gasteiger partial charge in [0.05, 0.1) is 12.0 Å². The molecule has 0 saturated carbocycles. The van der Waals surface area contributed by atoms with Crippen molar-refractivity contribution in [1.82, 2.24) is 10.6 Å². The Morgan fingerprint density at radius 1 is 1.35 bits per heavy atom. The topological polar surface area (TPSA) is 61.4 Å². The van der Waals surface area contributed by atoms with Gasteiger partial charge in [-0.05, 0) is 31.4 Å². The molecule has 17 heavy (non-hydrogen) atoms. The minimum absolute atomic E-state index is 0.175. The lowest BCUT2D eigenvalue weighted by molar-refractivity contribution is -0.139. The summed E-state index contributed by atoms with van der Waals surface area (Å²) in [5.41, 5.74) is -0.175. The second-order valence-corrected chi connectivity index (χ2v) is 5.77. The van der Waals surface area contributed by atoms with Gasteiger partial charge in [-0.3, -0.25) is 4.79 Å². The second kappa shape index (κ2) is 7.95. The number of carbonyl (C=O) groups is 1. The molecular formula is C12H24N2O2S. The van der Waals surface area contributed by atoms with Crippen molar-refractivity contribution >= 4 is 17.7 Å². The van der Waals surface area contributed by atoms with E-state index in [0.717, 1.165) is 26.1 Å². The van der Waals surface area contributed by atoms with Crippen molar-refractivity contribution in [3.05, 3.63) is 0 Å². The second-order valence-electron chi connectivity index (χ2n) is 4.79. The van der Waals surface area contributed by atoms with Gasteiger partial charge in [0.2, 0.25) is 0 Å². The molecule has 1 heterocycles. The molecule has 1 rings (SSSR count). The zero-order valence-corrected chi connectivity index (χ0v) is 11.4. The van der Waals surface area contributed by atoms with E-state index in [0.29, 0.717) is 0 Å². The summed E-state index contributed by atoms with van der Waals surface area (Å²) in [6, 6.07) is 0. The summed E-state index contributed by atoms with van der Waals surface area (Å²) in [6.45, 7) is 2.51. The number of nitrogens with one attached hydrogen (secondary N) is 2. The Bertz CT molecular complexity index is 233. The smallest absolute Gasteiger partial charge is 0.305 e. The zero-order valence-electron chi connectivity index (χ0n) is 10.6. The van der Waals surface area contributed by atoms with Crippen LogP contribution in [0.15, 0.2) is 0 Å². The van der Waals surface area contributed by atoms with Gasteiger partial charge in [-0.1, -0.05) is 12.8 Å². The first kappa shape index (κ1) is 14.8. The molecule has 1 aliphatic heterocycles. The number of carboxylic acid groups (broad SMARTS) is 1. The maximum absolute atomic E-state index is 10.7. The molecule has 0 aliphatic carbocycles. The van der Waals surface area contributed by atoms with Gasteiger partial charge in [0.25, 0.3) is 0 Å². The predicted octanol–water partition coefficient (Wildman–Crippen LogP) is 1.32. The maximum atomic E-state index is 10.7. The quantitative estimate of drug-likeness (QED) is 0.517. The first-order valence-electron chi connectivity index (χ1n) is 6.35. The Morgan fingerprint density at radius 2 is 2.06 bits per heavy atom. The summed E-state index contributed by atoms with van der Waals surface area (Å²) in [7, 11) is 0. The molecule has 0 aromatic rings. The molecule has 0 unspecified atom stereocenters. The maximum Gasteiger partial charge on any atom is 0.305 e. The number of aliphatic carboxylic acids is 1. The van der Waals surface area contributed by atoms with E-state index < -0.39 is 5.97 Å². The molecule has 0 spiro atoms. The molecule has 0 atom stereocenters. The van der Waals surface area contributed by atoms with E-state index >= 15 is 0 Å². The summed E-state index contributed by atoms with van der Waals surface area (Å²) >= 11 is 1.90. The summed E-state index contributed by atoms with van der Waals surface area (Å²) in [5.74, 6) is 0.541. The summed E-state index contributed by atoms with van der Waals surface area (Å²) in [5, 5.41) is 15.4. The largest absolute Gasteiger partial charge is 0.481 e. The number of rotatable bonds is 10. The third kappa shape index (κ3) is 5.75. The molecule has 5 heteroatoms. The van der Waals surface area contributed by atoms with Crippen LogP contribution in [0.2, 0.25) is 0 Å². The molecule has 4 nitrogen and oxygen atoms in total. The fourth-order valence-corrected chi connectivity index (χ4v) is 2.60. The van der Waals surface area contributed by atoms with Crippen molar-refractivity contribution in [2.75, 3.05) is 31.6 Å². The standard InChI is InChI=1S/C12H24N2O2S/c1-17-7-5-3-2-4-6-14-12(8-11(15)16)9-13-10-12/h13-14H,2-10H2,1H3,(H,15,16). The average molecular weight is 260 g/mol. The normalized spacial score (nSPS) is 17.7. The van der Waals surface area contributed by atoms with Gasteiger partial charge < -0.3 is 15.7 Å². The lowest BCUT2D eigenvalue weighted by atomic mass is 9.88. The lowest BCUT2D eigenvalue weighted by Crippen LogP contribution is -2.68. The molecule has 0 radical (unpaired) electrons. The van der Waals surface area contributed by atoms with Crippen LogP contribution < -0.4 is 10.6 Å². The summed E-state index contributed by atoms with van der Waals surface area (Å²) in [4.78, 5) is 10.7. The average Bonchev–Trinajstić information content (AvgIpc) is 2.23. The van der Waals surface area contributed by atoms with Crippen LogP contribution in [0, 0.1) is 0 Å². The van der Waals surface area contributed by atoms with E-state index in [1.807, 2.05) is 11.8 Å². The SMILES string of the molecule is CSCCCCCCNC1(CC(=O)O)CNC1. The van der Waals surface area contributed by atoms with Gasteiger partial charge in [-0.25, -0.2) is 0 Å². The fourth-order valence-electron chi connectivity index (χ4n) is 2.11. The molecule has 1 saturated heterocycles. The van der Waals surface area contributed by atoms with E-state index in [1.165, 1.54) is 25.0 Å². The monoisotopic (exact) mass is 260 g/mol. The minimum atomic E-state index is -0.709. The Hall–Kier alpha value is -0.260. The fraction of sp³-hybridized carbons (Fsp3) is 0.917. The molecule has 100 valence electrons. The zero-order chi connectivity index (χ0) is 12.6. The molecular weight excluding hydrogens is 236 g/mol. The van der Waals surface area contributed by atoms with Crippen molar-refractivity contribution in [3.8, 4) is 0 Å². The van der Waals surface area contributed by atoms with Crippen LogP contribution in [0.5, 0.6) is 0 Å². The van der Waals surface area contributed by atoms with Gasteiger partial charge in [0, 0.05) is 13.1 Å². The Kier molecular flexibility index (Phi) is 6.92. The van der Waals surface area contributed by atoms with E-state index in [9.17, 15) is 4.79 Å². The van der Waals surface area contributed by atoms with Crippen LogP contribution in [-0.2, 0) is 4.79 Å². The first-order chi connectivity index (χ1) is 8.18. The number of hydrogen-bond donors (Lipinski definition) is 3. The van der Waals surface area contributed by atoms with E-state index in [2.05, 4.69) is 16.9 Å². The van der Waals surface area contributed by atoms with Crippen molar-refractivity contribution in [1.29, 1.82) is 0 Å². The highest BCUT2D eigenvalue weighted by Gasteiger charge is 2.38. The van der Waals surface area contributed by atoms with Crippen LogP contribution in [-0.4, -0.2) is 48.3 Å². The summed E-state index contributed by atoms with van der Waals surface area (Å²) < 4.78 is 0. The number of carboxylic acids is 1. The molecule has 0 amide bonds. The van der Waals surface area contributed by atoms with E-state index in [-0.39, 0.29) is 12.0 Å². The Balaban J connectivity index is 2.02. The molecule has 1 aliphatic rings. The van der Waals surface area contributed by atoms with Crippen molar-refractivity contribution in [2.24, 2.45) is 0 Å². The molecule has 0 bridgehead atoms. The minimum Gasteiger partial charge on any atom is -0.481 e. The van der Waals surface area contributed by atoms with Gasteiger partial charge in [-0.15, -0.1) is 0 Å². The van der Waals surface area contributed by atoms with Crippen LogP contribution in [0.4, 0.5) is 0 Å². The van der Waals surface area contributed by atoms with Gasteiger partial charge in [-0.2, -0.15) is 11.8 Å². The van der Waals surface area contributed by atoms with Gasteiger partial charge in [0.1, 0.15) is 0 Å². The first-order valence-corrected chi connectivity index (χ1v) is 7.74. The molecule has 0 aromatic heterocycles. The molecule has 1 fully saturated rings. The number of hydrogen-bond acceptors (Lipinski definition) is 4. The third-order valence-electron chi connectivity index (χ3n) is 3.19. The van der Waals surface area contributed by atoms with Crippen molar-refractivity contribution in [3.63, 3.8) is 0 Å².